The number of rotatable bonds is 1. The molecule has 1 N–H and O–H groups in total. The molecule has 0 unspecified atom stereocenters. The summed E-state index contributed by atoms with van der Waals surface area (Å²) in [5.41, 5.74) is 1.07. The van der Waals surface area contributed by atoms with Crippen LogP contribution in [0.25, 0.3) is 0 Å². The third-order valence-corrected chi connectivity index (χ3v) is 3.22. The smallest absolute Gasteiger partial charge is 0.219 e. The molecule has 2 rings (SSSR count). The van der Waals surface area contributed by atoms with Crippen molar-refractivity contribution in [1.29, 1.82) is 0 Å². The molecule has 0 radical (unpaired) electrons. The van der Waals surface area contributed by atoms with Crippen LogP contribution in [-0.2, 0) is 4.79 Å². The normalized spacial score (nSPS) is 20.6. The largest absolute Gasteiger partial charge is 0.353 e. The molecule has 1 aromatic rings. The topological polar surface area (TPSA) is 36.1 Å². The number of hydrogen-bond donors (Lipinski definition) is 1. The molecule has 1 atom stereocenters. The van der Waals surface area contributed by atoms with E-state index in [9.17, 15) is 4.79 Å². The Kier molecular flexibility index (Phi) is 2.86. The minimum absolute atomic E-state index is 0.135. The van der Waals surface area contributed by atoms with Gasteiger partial charge in [0.15, 0.2) is 0 Å². The van der Waals surface area contributed by atoms with Crippen LogP contribution in [0.4, 0.5) is 0 Å². The van der Waals surface area contributed by atoms with Crippen LogP contribution in [0, 0.1) is 4.64 Å². The number of nitrogens with zero attached hydrogens (tertiary/aromatic N) is 1. The molecule has 2 heterocycles. The standard InChI is InChI=1S/C11H14N2OS/c1-8(14)13-7-3-5-10(13)9-4-2-6-12-11(9)15/h2,4,6,10H,3,5,7H2,1H3,(H,12,15)/t10-/m0/s1. The van der Waals surface area contributed by atoms with Gasteiger partial charge in [-0.1, -0.05) is 18.3 Å². The molecule has 1 aliphatic heterocycles. The summed E-state index contributed by atoms with van der Waals surface area (Å²) in [5, 5.41) is 0. The Bertz CT molecular complexity index is 427. The lowest BCUT2D eigenvalue weighted by Gasteiger charge is -2.23. The molecule has 0 saturated carbocycles. The molecule has 4 heteroatoms. The van der Waals surface area contributed by atoms with Crippen molar-refractivity contribution in [3.8, 4) is 0 Å². The quantitative estimate of drug-likeness (QED) is 0.741. The first-order valence-corrected chi connectivity index (χ1v) is 5.56. The van der Waals surface area contributed by atoms with Crippen LogP contribution in [0.15, 0.2) is 18.3 Å². The Labute approximate surface area is 94.1 Å². The van der Waals surface area contributed by atoms with Crippen molar-refractivity contribution >= 4 is 18.1 Å². The summed E-state index contributed by atoms with van der Waals surface area (Å²) >= 11 is 5.23. The highest BCUT2D eigenvalue weighted by Gasteiger charge is 2.28. The lowest BCUT2D eigenvalue weighted by atomic mass is 10.1. The van der Waals surface area contributed by atoms with Crippen molar-refractivity contribution < 1.29 is 4.79 Å². The molecule has 0 aromatic carbocycles. The fourth-order valence-corrected chi connectivity index (χ4v) is 2.44. The van der Waals surface area contributed by atoms with Crippen LogP contribution in [-0.4, -0.2) is 22.3 Å². The van der Waals surface area contributed by atoms with Crippen molar-refractivity contribution in [2.24, 2.45) is 0 Å². The van der Waals surface area contributed by atoms with Gasteiger partial charge in [-0.05, 0) is 18.9 Å². The maximum atomic E-state index is 11.4. The van der Waals surface area contributed by atoms with Gasteiger partial charge in [0, 0.05) is 25.2 Å². The van der Waals surface area contributed by atoms with Crippen molar-refractivity contribution in [3.63, 3.8) is 0 Å². The Balaban J connectivity index is 2.35. The predicted molar refractivity (Wildman–Crippen MR) is 61.0 cm³/mol. The highest BCUT2D eigenvalue weighted by molar-refractivity contribution is 7.71. The molecular weight excluding hydrogens is 208 g/mol. The van der Waals surface area contributed by atoms with Gasteiger partial charge >= 0.3 is 0 Å². The number of aromatic amines is 1. The van der Waals surface area contributed by atoms with E-state index in [1.165, 1.54) is 0 Å². The minimum atomic E-state index is 0.135. The zero-order valence-electron chi connectivity index (χ0n) is 8.69. The van der Waals surface area contributed by atoms with Crippen molar-refractivity contribution in [3.05, 3.63) is 28.5 Å². The van der Waals surface area contributed by atoms with E-state index in [2.05, 4.69) is 4.98 Å². The molecule has 0 aliphatic carbocycles. The van der Waals surface area contributed by atoms with Crippen LogP contribution in [0.5, 0.6) is 0 Å². The van der Waals surface area contributed by atoms with E-state index in [1.807, 2.05) is 23.2 Å². The van der Waals surface area contributed by atoms with Gasteiger partial charge in [0.05, 0.1) is 6.04 Å². The Morgan fingerprint density at radius 1 is 1.67 bits per heavy atom. The van der Waals surface area contributed by atoms with Crippen LogP contribution in [0.1, 0.15) is 31.4 Å². The lowest BCUT2D eigenvalue weighted by Crippen LogP contribution is -2.28. The van der Waals surface area contributed by atoms with Gasteiger partial charge in [0.1, 0.15) is 4.64 Å². The number of aromatic nitrogens is 1. The van der Waals surface area contributed by atoms with E-state index in [0.717, 1.165) is 29.6 Å². The molecule has 15 heavy (non-hydrogen) atoms. The second kappa shape index (κ2) is 4.14. The van der Waals surface area contributed by atoms with Crippen LogP contribution in [0.2, 0.25) is 0 Å². The summed E-state index contributed by atoms with van der Waals surface area (Å²) in [5.74, 6) is 0.135. The molecule has 1 amide bonds. The first-order valence-electron chi connectivity index (χ1n) is 5.15. The molecule has 1 saturated heterocycles. The molecule has 0 bridgehead atoms. The third-order valence-electron chi connectivity index (χ3n) is 2.86. The highest BCUT2D eigenvalue weighted by Crippen LogP contribution is 2.31. The third kappa shape index (κ3) is 1.95. The first kappa shape index (κ1) is 10.4. The number of nitrogens with one attached hydrogen (secondary N) is 1. The Morgan fingerprint density at radius 3 is 3.13 bits per heavy atom. The lowest BCUT2D eigenvalue weighted by molar-refractivity contribution is -0.129. The number of carbonyl (C=O) groups is 1. The van der Waals surface area contributed by atoms with E-state index < -0.39 is 0 Å². The fraction of sp³-hybridized carbons (Fsp3) is 0.455. The fourth-order valence-electron chi connectivity index (χ4n) is 2.16. The zero-order chi connectivity index (χ0) is 10.8. The molecular formula is C11H14N2OS. The van der Waals surface area contributed by atoms with Gasteiger partial charge in [-0.15, -0.1) is 0 Å². The van der Waals surface area contributed by atoms with E-state index in [4.69, 9.17) is 12.2 Å². The summed E-state index contributed by atoms with van der Waals surface area (Å²) in [6.07, 6.45) is 3.90. The van der Waals surface area contributed by atoms with Gasteiger partial charge in [0.25, 0.3) is 0 Å². The number of pyridine rings is 1. The summed E-state index contributed by atoms with van der Waals surface area (Å²) in [6.45, 7) is 2.47. The summed E-state index contributed by atoms with van der Waals surface area (Å²) in [7, 11) is 0. The van der Waals surface area contributed by atoms with Crippen molar-refractivity contribution in [2.75, 3.05) is 6.54 Å². The molecule has 0 spiro atoms. The van der Waals surface area contributed by atoms with Gasteiger partial charge in [0.2, 0.25) is 5.91 Å². The Morgan fingerprint density at radius 2 is 2.47 bits per heavy atom. The number of carbonyl (C=O) groups excluding carboxylic acids is 1. The molecule has 1 aliphatic rings. The van der Waals surface area contributed by atoms with E-state index in [1.54, 1.807) is 6.92 Å². The van der Waals surface area contributed by atoms with Crippen LogP contribution >= 0.6 is 12.2 Å². The average Bonchev–Trinajstić information content (AvgIpc) is 2.67. The molecule has 3 nitrogen and oxygen atoms in total. The highest BCUT2D eigenvalue weighted by atomic mass is 32.1. The van der Waals surface area contributed by atoms with E-state index in [-0.39, 0.29) is 11.9 Å². The Hall–Kier alpha value is -1.16. The number of likely N-dealkylation sites (tertiary alicyclic amines) is 1. The molecule has 1 fully saturated rings. The van der Waals surface area contributed by atoms with Gasteiger partial charge in [-0.2, -0.15) is 0 Å². The second-order valence-electron chi connectivity index (χ2n) is 3.83. The second-order valence-corrected chi connectivity index (χ2v) is 4.23. The number of hydrogen-bond acceptors (Lipinski definition) is 2. The molecule has 1 aromatic heterocycles. The SMILES string of the molecule is CC(=O)N1CCC[C@H]1c1ccc[nH]c1=S. The summed E-state index contributed by atoms with van der Waals surface area (Å²) in [6, 6.07) is 4.11. The first-order chi connectivity index (χ1) is 7.20. The van der Waals surface area contributed by atoms with Crippen molar-refractivity contribution in [2.45, 2.75) is 25.8 Å². The molecule has 80 valence electrons. The average molecular weight is 222 g/mol. The summed E-state index contributed by atoms with van der Waals surface area (Å²) < 4.78 is 0.746. The van der Waals surface area contributed by atoms with Crippen molar-refractivity contribution in [1.82, 2.24) is 9.88 Å². The number of H-pyrrole nitrogens is 1. The van der Waals surface area contributed by atoms with Gasteiger partial charge in [-0.25, -0.2) is 0 Å². The van der Waals surface area contributed by atoms with Crippen LogP contribution < -0.4 is 0 Å². The maximum Gasteiger partial charge on any atom is 0.219 e. The van der Waals surface area contributed by atoms with Gasteiger partial charge < -0.3 is 9.88 Å². The minimum Gasteiger partial charge on any atom is -0.353 e. The predicted octanol–water partition coefficient (Wildman–Crippen LogP) is 2.43. The number of amides is 1. The maximum absolute atomic E-state index is 11.4. The zero-order valence-corrected chi connectivity index (χ0v) is 9.51. The van der Waals surface area contributed by atoms with E-state index >= 15 is 0 Å². The van der Waals surface area contributed by atoms with Crippen LogP contribution in [0.3, 0.4) is 0 Å². The van der Waals surface area contributed by atoms with Gasteiger partial charge in [-0.3, -0.25) is 4.79 Å². The van der Waals surface area contributed by atoms with E-state index in [0.29, 0.717) is 0 Å². The summed E-state index contributed by atoms with van der Waals surface area (Å²) in [4.78, 5) is 16.3. The monoisotopic (exact) mass is 222 g/mol.